The van der Waals surface area contributed by atoms with Crippen LogP contribution in [0.25, 0.3) is 0 Å². The molecule has 1 unspecified atom stereocenters. The standard InChI is InChI=1S/C19H22ClNO5S2/c1-26-17-6-2-15(3-7-17)11-13-27(22,23)21-12-10-19(14-21)28(24,25)18-8-4-16(20)5-9-18/h2-9,19H,10-14H2,1H3. The molecule has 2 aromatic rings. The minimum atomic E-state index is -3.60. The predicted octanol–water partition coefficient (Wildman–Crippen LogP) is 2.77. The van der Waals surface area contributed by atoms with Gasteiger partial charge < -0.3 is 4.74 Å². The third-order valence-electron chi connectivity index (χ3n) is 4.89. The second-order valence-corrected chi connectivity index (χ2v) is 11.4. The molecule has 28 heavy (non-hydrogen) atoms. The Morgan fingerprint density at radius 3 is 2.29 bits per heavy atom. The highest BCUT2D eigenvalue weighted by atomic mass is 35.5. The molecule has 6 nitrogen and oxygen atoms in total. The van der Waals surface area contributed by atoms with E-state index in [1.54, 1.807) is 19.2 Å². The highest BCUT2D eigenvalue weighted by Gasteiger charge is 2.38. The molecule has 2 aromatic carbocycles. The molecule has 152 valence electrons. The van der Waals surface area contributed by atoms with E-state index in [0.717, 1.165) is 5.56 Å². The molecule has 0 N–H and O–H groups in total. The van der Waals surface area contributed by atoms with Crippen LogP contribution in [0.15, 0.2) is 53.4 Å². The van der Waals surface area contributed by atoms with Crippen molar-refractivity contribution >= 4 is 31.5 Å². The maximum absolute atomic E-state index is 12.8. The van der Waals surface area contributed by atoms with Gasteiger partial charge in [0.25, 0.3) is 0 Å². The number of rotatable bonds is 7. The third kappa shape index (κ3) is 4.68. The summed E-state index contributed by atoms with van der Waals surface area (Å²) in [5.41, 5.74) is 0.883. The first-order valence-corrected chi connectivity index (χ1v) is 12.4. The second-order valence-electron chi connectivity index (χ2n) is 6.68. The Kier molecular flexibility index (Phi) is 6.34. The van der Waals surface area contributed by atoms with E-state index in [4.69, 9.17) is 16.3 Å². The Morgan fingerprint density at radius 1 is 1.04 bits per heavy atom. The lowest BCUT2D eigenvalue weighted by molar-refractivity contribution is 0.414. The number of ether oxygens (including phenoxy) is 1. The molecule has 1 aliphatic rings. The fraction of sp³-hybridized carbons (Fsp3) is 0.368. The summed E-state index contributed by atoms with van der Waals surface area (Å²) >= 11 is 5.82. The largest absolute Gasteiger partial charge is 0.497 e. The molecule has 0 aromatic heterocycles. The first kappa shape index (κ1) is 21.1. The first-order chi connectivity index (χ1) is 13.2. The van der Waals surface area contributed by atoms with E-state index in [-0.39, 0.29) is 30.2 Å². The van der Waals surface area contributed by atoms with Gasteiger partial charge in [-0.05, 0) is 54.8 Å². The van der Waals surface area contributed by atoms with Gasteiger partial charge >= 0.3 is 0 Å². The van der Waals surface area contributed by atoms with Crippen molar-refractivity contribution in [2.45, 2.75) is 23.0 Å². The topological polar surface area (TPSA) is 80.8 Å². The quantitative estimate of drug-likeness (QED) is 0.657. The van der Waals surface area contributed by atoms with Gasteiger partial charge in [-0.15, -0.1) is 0 Å². The summed E-state index contributed by atoms with van der Waals surface area (Å²) < 4.78 is 57.3. The molecule has 0 spiro atoms. The van der Waals surface area contributed by atoms with Crippen LogP contribution in [0.5, 0.6) is 5.75 Å². The van der Waals surface area contributed by atoms with E-state index in [1.807, 2.05) is 12.1 Å². The average Bonchev–Trinajstić information content (AvgIpc) is 3.19. The monoisotopic (exact) mass is 443 g/mol. The fourth-order valence-corrected chi connectivity index (χ4v) is 6.64. The zero-order valence-electron chi connectivity index (χ0n) is 15.4. The van der Waals surface area contributed by atoms with E-state index < -0.39 is 25.1 Å². The molecule has 3 rings (SSSR count). The van der Waals surface area contributed by atoms with E-state index in [1.165, 1.54) is 28.6 Å². The van der Waals surface area contributed by atoms with Crippen LogP contribution in [-0.2, 0) is 26.3 Å². The Labute approximate surface area is 171 Å². The van der Waals surface area contributed by atoms with Gasteiger partial charge in [0.1, 0.15) is 5.75 Å². The van der Waals surface area contributed by atoms with Gasteiger partial charge in [0.05, 0.1) is 23.0 Å². The maximum Gasteiger partial charge on any atom is 0.214 e. The summed E-state index contributed by atoms with van der Waals surface area (Å²) in [6, 6.07) is 13.2. The summed E-state index contributed by atoms with van der Waals surface area (Å²) in [5.74, 6) is 0.647. The van der Waals surface area contributed by atoms with Crippen LogP contribution in [0, 0.1) is 0 Å². The van der Waals surface area contributed by atoms with Crippen molar-refractivity contribution in [2.24, 2.45) is 0 Å². The Morgan fingerprint density at radius 2 is 1.68 bits per heavy atom. The van der Waals surface area contributed by atoms with Crippen LogP contribution in [0.2, 0.25) is 5.02 Å². The number of methoxy groups -OCH3 is 1. The van der Waals surface area contributed by atoms with Crippen LogP contribution in [0.1, 0.15) is 12.0 Å². The predicted molar refractivity (Wildman–Crippen MR) is 109 cm³/mol. The number of hydrogen-bond acceptors (Lipinski definition) is 5. The van der Waals surface area contributed by atoms with Crippen molar-refractivity contribution in [3.63, 3.8) is 0 Å². The summed E-state index contributed by atoms with van der Waals surface area (Å²) in [7, 11) is -5.57. The van der Waals surface area contributed by atoms with Gasteiger partial charge in [-0.1, -0.05) is 23.7 Å². The van der Waals surface area contributed by atoms with Crippen LogP contribution in [0.3, 0.4) is 0 Å². The molecule has 1 saturated heterocycles. The molecule has 0 aliphatic carbocycles. The zero-order valence-corrected chi connectivity index (χ0v) is 17.8. The number of sulfone groups is 1. The SMILES string of the molecule is COc1ccc(CCS(=O)(=O)N2CCC(S(=O)(=O)c3ccc(Cl)cc3)C2)cc1. The van der Waals surface area contributed by atoms with Crippen LogP contribution in [0.4, 0.5) is 0 Å². The Hall–Kier alpha value is -1.61. The lowest BCUT2D eigenvalue weighted by Crippen LogP contribution is -2.34. The van der Waals surface area contributed by atoms with E-state index >= 15 is 0 Å². The van der Waals surface area contributed by atoms with E-state index in [2.05, 4.69) is 0 Å². The zero-order chi connectivity index (χ0) is 20.4. The number of halogens is 1. The minimum Gasteiger partial charge on any atom is -0.497 e. The maximum atomic E-state index is 12.8. The van der Waals surface area contributed by atoms with Crippen LogP contribution < -0.4 is 4.74 Å². The second kappa shape index (κ2) is 8.41. The molecule has 1 heterocycles. The van der Waals surface area contributed by atoms with Gasteiger partial charge in [-0.25, -0.2) is 21.1 Å². The normalized spacial score (nSPS) is 18.3. The first-order valence-electron chi connectivity index (χ1n) is 8.82. The number of benzene rings is 2. The summed E-state index contributed by atoms with van der Waals surface area (Å²) in [6.07, 6.45) is 0.643. The van der Waals surface area contributed by atoms with Gasteiger partial charge in [0, 0.05) is 18.1 Å². The Balaban J connectivity index is 1.65. The summed E-state index contributed by atoms with van der Waals surface area (Å²) in [6.45, 7) is 0.193. The molecular weight excluding hydrogens is 422 g/mol. The number of nitrogens with zero attached hydrogens (tertiary/aromatic N) is 1. The molecule has 1 fully saturated rings. The number of aryl methyl sites for hydroxylation is 1. The van der Waals surface area contributed by atoms with E-state index in [0.29, 0.717) is 17.2 Å². The molecule has 9 heteroatoms. The molecule has 0 radical (unpaired) electrons. The van der Waals surface area contributed by atoms with Gasteiger partial charge in [0.15, 0.2) is 9.84 Å². The van der Waals surface area contributed by atoms with Gasteiger partial charge in [-0.2, -0.15) is 0 Å². The van der Waals surface area contributed by atoms with Crippen molar-refractivity contribution < 1.29 is 21.6 Å². The van der Waals surface area contributed by atoms with Crippen LogP contribution >= 0.6 is 11.6 Å². The molecule has 0 bridgehead atoms. The molecule has 0 saturated carbocycles. The summed E-state index contributed by atoms with van der Waals surface area (Å²) in [5, 5.41) is -0.294. The van der Waals surface area contributed by atoms with Crippen molar-refractivity contribution in [1.29, 1.82) is 0 Å². The molecule has 1 atom stereocenters. The van der Waals surface area contributed by atoms with E-state index in [9.17, 15) is 16.8 Å². The van der Waals surface area contributed by atoms with Gasteiger partial charge in [-0.3, -0.25) is 0 Å². The lowest BCUT2D eigenvalue weighted by Gasteiger charge is -2.17. The van der Waals surface area contributed by atoms with Gasteiger partial charge in [0.2, 0.25) is 10.0 Å². The number of sulfonamides is 1. The molecular formula is C19H22ClNO5S2. The highest BCUT2D eigenvalue weighted by molar-refractivity contribution is 7.92. The van der Waals surface area contributed by atoms with Crippen molar-refractivity contribution in [3.8, 4) is 5.75 Å². The third-order valence-corrected chi connectivity index (χ3v) is 9.17. The minimum absolute atomic E-state index is 0.0180. The molecule has 0 amide bonds. The number of hydrogen-bond donors (Lipinski definition) is 0. The highest BCUT2D eigenvalue weighted by Crippen LogP contribution is 2.27. The van der Waals surface area contributed by atoms with Crippen LogP contribution in [-0.4, -0.2) is 52.3 Å². The molecule has 1 aliphatic heterocycles. The smallest absolute Gasteiger partial charge is 0.214 e. The Bertz CT molecular complexity index is 1020. The van der Waals surface area contributed by atoms with Crippen molar-refractivity contribution in [2.75, 3.05) is 26.0 Å². The summed E-state index contributed by atoms with van der Waals surface area (Å²) in [4.78, 5) is 0.166. The average molecular weight is 444 g/mol. The van der Waals surface area contributed by atoms with Crippen molar-refractivity contribution in [3.05, 3.63) is 59.1 Å². The van der Waals surface area contributed by atoms with Crippen molar-refractivity contribution in [1.82, 2.24) is 4.31 Å². The fourth-order valence-electron chi connectivity index (χ4n) is 3.19. The lowest BCUT2D eigenvalue weighted by atomic mass is 10.2.